The Balaban J connectivity index is 2.13. The largest absolute Gasteiger partial charge is 0.361 e. The SMILES string of the molecule is Cc1c(Cl)cccc1N/C=C1/CCCCC1=O. The van der Waals surface area contributed by atoms with E-state index in [0.717, 1.165) is 41.1 Å². The molecule has 2 rings (SSSR count). The maximum absolute atomic E-state index is 11.6. The fourth-order valence-corrected chi connectivity index (χ4v) is 2.16. The van der Waals surface area contributed by atoms with E-state index in [-0.39, 0.29) is 5.78 Å². The maximum atomic E-state index is 11.6. The summed E-state index contributed by atoms with van der Waals surface area (Å²) in [6.45, 7) is 1.96. The van der Waals surface area contributed by atoms with Gasteiger partial charge in [-0.1, -0.05) is 17.7 Å². The molecule has 0 aromatic heterocycles. The molecule has 0 atom stereocenters. The van der Waals surface area contributed by atoms with Crippen molar-refractivity contribution in [2.45, 2.75) is 32.6 Å². The van der Waals surface area contributed by atoms with Crippen molar-refractivity contribution < 1.29 is 4.79 Å². The van der Waals surface area contributed by atoms with Crippen molar-refractivity contribution in [3.8, 4) is 0 Å². The molecule has 2 nitrogen and oxygen atoms in total. The monoisotopic (exact) mass is 249 g/mol. The van der Waals surface area contributed by atoms with Crippen molar-refractivity contribution in [3.05, 3.63) is 40.6 Å². The normalized spacial score (nSPS) is 18.5. The third-order valence-electron chi connectivity index (χ3n) is 3.13. The van der Waals surface area contributed by atoms with E-state index in [2.05, 4.69) is 5.32 Å². The highest BCUT2D eigenvalue weighted by Gasteiger charge is 2.14. The average molecular weight is 250 g/mol. The Morgan fingerprint density at radius 1 is 1.29 bits per heavy atom. The molecular weight excluding hydrogens is 234 g/mol. The van der Waals surface area contributed by atoms with Crippen LogP contribution in [0.15, 0.2) is 30.0 Å². The van der Waals surface area contributed by atoms with Crippen molar-refractivity contribution in [3.63, 3.8) is 0 Å². The molecule has 1 N–H and O–H groups in total. The second kappa shape index (κ2) is 5.37. The van der Waals surface area contributed by atoms with Crippen LogP contribution >= 0.6 is 11.6 Å². The van der Waals surface area contributed by atoms with Gasteiger partial charge in [0.05, 0.1) is 0 Å². The van der Waals surface area contributed by atoms with Crippen molar-refractivity contribution >= 4 is 23.1 Å². The second-order valence-corrected chi connectivity index (χ2v) is 4.76. The van der Waals surface area contributed by atoms with Gasteiger partial charge in [0, 0.05) is 28.9 Å². The Morgan fingerprint density at radius 2 is 2.06 bits per heavy atom. The van der Waals surface area contributed by atoms with E-state index in [0.29, 0.717) is 6.42 Å². The van der Waals surface area contributed by atoms with E-state index in [1.807, 2.05) is 31.3 Å². The van der Waals surface area contributed by atoms with E-state index in [1.165, 1.54) is 0 Å². The molecule has 0 saturated heterocycles. The summed E-state index contributed by atoms with van der Waals surface area (Å²) in [6, 6.07) is 5.73. The zero-order valence-electron chi connectivity index (χ0n) is 9.92. The van der Waals surface area contributed by atoms with E-state index >= 15 is 0 Å². The molecule has 0 radical (unpaired) electrons. The molecule has 1 saturated carbocycles. The standard InChI is InChI=1S/C14H16ClNO/c1-10-12(15)6-4-7-13(10)16-9-11-5-2-3-8-14(11)17/h4,6-7,9,16H,2-3,5,8H2,1H3/b11-9-. The number of nitrogens with one attached hydrogen (secondary N) is 1. The summed E-state index contributed by atoms with van der Waals surface area (Å²) < 4.78 is 0. The minimum atomic E-state index is 0.267. The lowest BCUT2D eigenvalue weighted by Crippen LogP contribution is -2.10. The van der Waals surface area contributed by atoms with E-state index in [9.17, 15) is 4.79 Å². The number of ketones is 1. The van der Waals surface area contributed by atoms with Gasteiger partial charge in [0.1, 0.15) is 0 Å². The molecule has 1 aliphatic carbocycles. The van der Waals surface area contributed by atoms with Crippen molar-refractivity contribution in [2.75, 3.05) is 5.32 Å². The maximum Gasteiger partial charge on any atom is 0.160 e. The van der Waals surface area contributed by atoms with Crippen LogP contribution in [-0.2, 0) is 4.79 Å². The minimum Gasteiger partial charge on any atom is -0.361 e. The minimum absolute atomic E-state index is 0.267. The smallest absolute Gasteiger partial charge is 0.160 e. The number of halogens is 1. The van der Waals surface area contributed by atoms with Gasteiger partial charge in [0.15, 0.2) is 5.78 Å². The van der Waals surface area contributed by atoms with Gasteiger partial charge in [-0.3, -0.25) is 4.79 Å². The summed E-state index contributed by atoms with van der Waals surface area (Å²) in [6.07, 6.45) is 5.52. The summed E-state index contributed by atoms with van der Waals surface area (Å²) >= 11 is 6.04. The van der Waals surface area contributed by atoms with Crippen LogP contribution in [0.1, 0.15) is 31.2 Å². The van der Waals surface area contributed by atoms with Crippen LogP contribution in [0.2, 0.25) is 5.02 Å². The highest BCUT2D eigenvalue weighted by atomic mass is 35.5. The number of Topliss-reactive ketones (excluding diaryl/α,β-unsaturated/α-hetero) is 1. The van der Waals surface area contributed by atoms with Gasteiger partial charge in [0.2, 0.25) is 0 Å². The van der Waals surface area contributed by atoms with Crippen LogP contribution in [0.3, 0.4) is 0 Å². The van der Waals surface area contributed by atoms with E-state index < -0.39 is 0 Å². The average Bonchev–Trinajstić information content (AvgIpc) is 2.33. The van der Waals surface area contributed by atoms with Crippen LogP contribution in [-0.4, -0.2) is 5.78 Å². The van der Waals surface area contributed by atoms with Crippen LogP contribution < -0.4 is 5.32 Å². The molecule has 0 aliphatic heterocycles. The van der Waals surface area contributed by atoms with Crippen molar-refractivity contribution in [1.29, 1.82) is 0 Å². The highest BCUT2D eigenvalue weighted by Crippen LogP contribution is 2.24. The zero-order chi connectivity index (χ0) is 12.3. The first kappa shape index (κ1) is 12.2. The number of hydrogen-bond acceptors (Lipinski definition) is 2. The lowest BCUT2D eigenvalue weighted by Gasteiger charge is -2.13. The van der Waals surface area contributed by atoms with Gasteiger partial charge < -0.3 is 5.32 Å². The van der Waals surface area contributed by atoms with E-state index in [1.54, 1.807) is 0 Å². The van der Waals surface area contributed by atoms with Gasteiger partial charge in [-0.25, -0.2) is 0 Å². The summed E-state index contributed by atoms with van der Waals surface area (Å²) in [5.74, 6) is 0.267. The summed E-state index contributed by atoms with van der Waals surface area (Å²) in [4.78, 5) is 11.6. The first-order valence-corrected chi connectivity index (χ1v) is 6.30. The van der Waals surface area contributed by atoms with Gasteiger partial charge in [-0.2, -0.15) is 0 Å². The molecule has 17 heavy (non-hydrogen) atoms. The zero-order valence-corrected chi connectivity index (χ0v) is 10.7. The number of hydrogen-bond donors (Lipinski definition) is 1. The molecule has 0 spiro atoms. The van der Waals surface area contributed by atoms with Crippen LogP contribution in [0.4, 0.5) is 5.69 Å². The van der Waals surface area contributed by atoms with Crippen LogP contribution in [0.25, 0.3) is 0 Å². The fourth-order valence-electron chi connectivity index (χ4n) is 1.98. The molecule has 90 valence electrons. The molecule has 0 amide bonds. The Morgan fingerprint density at radius 3 is 2.82 bits per heavy atom. The molecule has 0 unspecified atom stereocenters. The first-order valence-electron chi connectivity index (χ1n) is 5.92. The lowest BCUT2D eigenvalue weighted by molar-refractivity contribution is -0.116. The van der Waals surface area contributed by atoms with Crippen molar-refractivity contribution in [2.24, 2.45) is 0 Å². The number of rotatable bonds is 2. The Labute approximate surface area is 107 Å². The summed E-state index contributed by atoms with van der Waals surface area (Å²) in [7, 11) is 0. The fraction of sp³-hybridized carbons (Fsp3) is 0.357. The molecule has 0 bridgehead atoms. The molecular formula is C14H16ClNO. The quantitative estimate of drug-likeness (QED) is 0.800. The number of anilines is 1. The van der Waals surface area contributed by atoms with E-state index in [4.69, 9.17) is 11.6 Å². The predicted octanol–water partition coefficient (Wildman–Crippen LogP) is 4.09. The molecule has 1 fully saturated rings. The first-order chi connectivity index (χ1) is 8.18. The van der Waals surface area contributed by atoms with Crippen LogP contribution in [0, 0.1) is 6.92 Å². The molecule has 3 heteroatoms. The topological polar surface area (TPSA) is 29.1 Å². The van der Waals surface area contributed by atoms with Crippen LogP contribution in [0.5, 0.6) is 0 Å². The molecule has 1 aliphatic rings. The summed E-state index contributed by atoms with van der Waals surface area (Å²) in [5.41, 5.74) is 2.87. The number of allylic oxidation sites excluding steroid dienone is 1. The third-order valence-corrected chi connectivity index (χ3v) is 3.54. The molecule has 1 aromatic rings. The Kier molecular flexibility index (Phi) is 3.85. The third kappa shape index (κ3) is 2.89. The van der Waals surface area contributed by atoms with Gasteiger partial charge >= 0.3 is 0 Å². The highest BCUT2D eigenvalue weighted by molar-refractivity contribution is 6.31. The van der Waals surface area contributed by atoms with Gasteiger partial charge in [0.25, 0.3) is 0 Å². The molecule has 1 aromatic carbocycles. The summed E-state index contributed by atoms with van der Waals surface area (Å²) in [5, 5.41) is 3.93. The lowest BCUT2D eigenvalue weighted by atomic mass is 9.94. The number of carbonyl (C=O) groups is 1. The Hall–Kier alpha value is -1.28. The molecule has 0 heterocycles. The predicted molar refractivity (Wildman–Crippen MR) is 71.4 cm³/mol. The van der Waals surface area contributed by atoms with Gasteiger partial charge in [-0.15, -0.1) is 0 Å². The van der Waals surface area contributed by atoms with Crippen molar-refractivity contribution in [1.82, 2.24) is 0 Å². The Bertz CT molecular complexity index is 465. The van der Waals surface area contributed by atoms with Gasteiger partial charge in [-0.05, 0) is 43.9 Å². The number of benzene rings is 1. The second-order valence-electron chi connectivity index (χ2n) is 4.36. The number of carbonyl (C=O) groups excluding carboxylic acids is 1.